The van der Waals surface area contributed by atoms with Crippen molar-refractivity contribution < 1.29 is 12.6 Å². The molecule has 4 rings (SSSR count). The summed E-state index contributed by atoms with van der Waals surface area (Å²) >= 11 is 0. The van der Waals surface area contributed by atoms with Crippen LogP contribution in [0.3, 0.4) is 0 Å². The Bertz CT molecular complexity index is 804. The largest absolute Gasteiger partial charge is 0.298 e. The van der Waals surface area contributed by atoms with E-state index in [4.69, 9.17) is 4.18 Å². The van der Waals surface area contributed by atoms with Crippen molar-refractivity contribution in [3.8, 4) is 0 Å². The summed E-state index contributed by atoms with van der Waals surface area (Å²) in [7, 11) is -3.69. The quantitative estimate of drug-likeness (QED) is 0.759. The van der Waals surface area contributed by atoms with Gasteiger partial charge in [0.25, 0.3) is 10.1 Å². The van der Waals surface area contributed by atoms with Crippen LogP contribution in [-0.4, -0.2) is 26.1 Å². The van der Waals surface area contributed by atoms with Crippen LogP contribution >= 0.6 is 0 Å². The zero-order chi connectivity index (χ0) is 15.3. The smallest absolute Gasteiger partial charge is 0.265 e. The van der Waals surface area contributed by atoms with Crippen molar-refractivity contribution in [3.63, 3.8) is 0 Å². The molecule has 4 nitrogen and oxygen atoms in total. The highest BCUT2D eigenvalue weighted by molar-refractivity contribution is 7.86. The minimum Gasteiger partial charge on any atom is -0.265 e. The third-order valence-electron chi connectivity index (χ3n) is 4.45. The van der Waals surface area contributed by atoms with Gasteiger partial charge in [0.05, 0.1) is 10.9 Å². The molecule has 3 unspecified atom stereocenters. The summed E-state index contributed by atoms with van der Waals surface area (Å²) in [5.41, 5.74) is 2.15. The van der Waals surface area contributed by atoms with Crippen LogP contribution in [0, 0.1) is 5.92 Å². The second-order valence-corrected chi connectivity index (χ2v) is 7.57. The maximum Gasteiger partial charge on any atom is 0.298 e. The molecule has 0 amide bonds. The fourth-order valence-electron chi connectivity index (χ4n) is 3.35. The van der Waals surface area contributed by atoms with Crippen LogP contribution in [0.25, 0.3) is 0 Å². The average Bonchev–Trinajstić information content (AvgIpc) is 2.53. The molecule has 0 aliphatic carbocycles. The fourth-order valence-corrected chi connectivity index (χ4v) is 4.55. The van der Waals surface area contributed by atoms with E-state index in [0.29, 0.717) is 0 Å². The standard InChI is InChI=1S/C17H17NO3S/c1-12-11-18-16(13-6-3-2-4-7-13)14-8-5-9-15(10-14)22(19,20)21-17(12)18/h2-10,12,16-17H,11H2,1H3. The summed E-state index contributed by atoms with van der Waals surface area (Å²) in [5.74, 6) is 0.199. The Balaban J connectivity index is 1.90. The van der Waals surface area contributed by atoms with Gasteiger partial charge in [0.15, 0.2) is 0 Å². The van der Waals surface area contributed by atoms with E-state index in [2.05, 4.69) is 17.0 Å². The molecule has 2 aromatic rings. The number of hydrogen-bond acceptors (Lipinski definition) is 4. The lowest BCUT2D eigenvalue weighted by molar-refractivity contribution is -0.119. The zero-order valence-electron chi connectivity index (χ0n) is 12.2. The van der Waals surface area contributed by atoms with Gasteiger partial charge < -0.3 is 0 Å². The van der Waals surface area contributed by atoms with Gasteiger partial charge >= 0.3 is 0 Å². The maximum absolute atomic E-state index is 12.3. The third kappa shape index (κ3) is 2.08. The van der Waals surface area contributed by atoms with Gasteiger partial charge in [-0.2, -0.15) is 8.42 Å². The molecule has 2 heterocycles. The first-order valence-electron chi connectivity index (χ1n) is 7.40. The van der Waals surface area contributed by atoms with Gasteiger partial charge in [-0.25, -0.2) is 4.18 Å². The molecule has 0 aromatic heterocycles. The second kappa shape index (κ2) is 4.91. The molecular weight excluding hydrogens is 298 g/mol. The van der Waals surface area contributed by atoms with Crippen LogP contribution in [0.15, 0.2) is 59.5 Å². The van der Waals surface area contributed by atoms with Crippen LogP contribution in [0.2, 0.25) is 0 Å². The number of hydrogen-bond donors (Lipinski definition) is 0. The summed E-state index contributed by atoms with van der Waals surface area (Å²) in [4.78, 5) is 2.36. The topological polar surface area (TPSA) is 46.6 Å². The van der Waals surface area contributed by atoms with Crippen molar-refractivity contribution in [3.05, 3.63) is 65.7 Å². The minimum absolute atomic E-state index is 0.0258. The van der Waals surface area contributed by atoms with Crippen molar-refractivity contribution in [2.45, 2.75) is 24.1 Å². The van der Waals surface area contributed by atoms with Crippen LogP contribution in [0.1, 0.15) is 24.1 Å². The van der Waals surface area contributed by atoms with E-state index in [1.165, 1.54) is 0 Å². The molecule has 2 bridgehead atoms. The van der Waals surface area contributed by atoms with E-state index in [9.17, 15) is 8.42 Å². The normalized spacial score (nSPS) is 29.8. The zero-order valence-corrected chi connectivity index (χ0v) is 13.0. The second-order valence-electron chi connectivity index (χ2n) is 6.00. The molecule has 0 saturated carbocycles. The van der Waals surface area contributed by atoms with Gasteiger partial charge in [-0.05, 0) is 23.3 Å². The van der Waals surface area contributed by atoms with E-state index in [1.54, 1.807) is 18.2 Å². The predicted molar refractivity (Wildman–Crippen MR) is 82.7 cm³/mol. The highest BCUT2D eigenvalue weighted by Gasteiger charge is 2.46. The molecule has 22 heavy (non-hydrogen) atoms. The molecule has 1 fully saturated rings. The van der Waals surface area contributed by atoms with Crippen molar-refractivity contribution in [2.75, 3.05) is 6.54 Å². The summed E-state index contributed by atoms with van der Waals surface area (Å²) in [5, 5.41) is 0. The monoisotopic (exact) mass is 315 g/mol. The lowest BCUT2D eigenvalue weighted by Crippen LogP contribution is -2.58. The summed E-state index contributed by atoms with van der Waals surface area (Å²) in [6, 6.07) is 17.3. The van der Waals surface area contributed by atoms with Gasteiger partial charge in [0.1, 0.15) is 6.23 Å². The van der Waals surface area contributed by atoms with Crippen molar-refractivity contribution in [1.82, 2.24) is 4.90 Å². The Hall–Kier alpha value is -1.69. The van der Waals surface area contributed by atoms with E-state index in [1.807, 2.05) is 31.2 Å². The summed E-state index contributed by atoms with van der Waals surface area (Å²) in [6.45, 7) is 2.85. The van der Waals surface area contributed by atoms with Gasteiger partial charge in [0.2, 0.25) is 0 Å². The van der Waals surface area contributed by atoms with Gasteiger partial charge in [-0.3, -0.25) is 4.90 Å². The Morgan fingerprint density at radius 2 is 1.77 bits per heavy atom. The average molecular weight is 315 g/mol. The molecule has 3 atom stereocenters. The molecule has 2 aliphatic rings. The minimum atomic E-state index is -3.69. The first-order valence-corrected chi connectivity index (χ1v) is 8.81. The Labute approximate surface area is 130 Å². The number of rotatable bonds is 1. The van der Waals surface area contributed by atoms with Gasteiger partial charge in [-0.1, -0.05) is 49.4 Å². The van der Waals surface area contributed by atoms with Crippen LogP contribution < -0.4 is 0 Å². The van der Waals surface area contributed by atoms with E-state index in [0.717, 1.165) is 17.7 Å². The first-order chi connectivity index (χ1) is 10.6. The van der Waals surface area contributed by atoms with Crippen molar-refractivity contribution in [1.29, 1.82) is 0 Å². The predicted octanol–water partition coefficient (Wildman–Crippen LogP) is 2.77. The molecule has 1 saturated heterocycles. The Morgan fingerprint density at radius 3 is 2.50 bits per heavy atom. The molecule has 2 aromatic carbocycles. The van der Waals surface area contributed by atoms with Crippen LogP contribution in [0.4, 0.5) is 0 Å². The molecule has 114 valence electrons. The maximum atomic E-state index is 12.3. The third-order valence-corrected chi connectivity index (χ3v) is 5.73. The van der Waals surface area contributed by atoms with Gasteiger partial charge in [-0.15, -0.1) is 0 Å². The molecule has 0 radical (unpaired) electrons. The lowest BCUT2D eigenvalue weighted by atomic mass is 9.89. The van der Waals surface area contributed by atoms with E-state index < -0.39 is 16.3 Å². The number of benzene rings is 2. The Kier molecular flexibility index (Phi) is 3.11. The number of fused-ring (bicyclic) bond motifs is 3. The lowest BCUT2D eigenvalue weighted by Gasteiger charge is -2.50. The molecule has 2 aliphatic heterocycles. The SMILES string of the molecule is CC1CN2C(c3ccccc3)c3cccc(c3)S(=O)(=O)OC12. The highest BCUT2D eigenvalue weighted by atomic mass is 32.2. The molecule has 0 spiro atoms. The number of nitrogens with zero attached hydrogens (tertiary/aromatic N) is 1. The van der Waals surface area contributed by atoms with Crippen LogP contribution in [-0.2, 0) is 14.3 Å². The fraction of sp³-hybridized carbons (Fsp3) is 0.294. The Morgan fingerprint density at radius 1 is 1.05 bits per heavy atom. The van der Waals surface area contributed by atoms with Crippen molar-refractivity contribution in [2.24, 2.45) is 5.92 Å². The summed E-state index contributed by atoms with van der Waals surface area (Å²) < 4.78 is 30.2. The molecule has 0 N–H and O–H groups in total. The first kappa shape index (κ1) is 13.9. The summed E-state index contributed by atoms with van der Waals surface area (Å²) in [6.07, 6.45) is -0.395. The van der Waals surface area contributed by atoms with Crippen molar-refractivity contribution >= 4 is 10.1 Å². The van der Waals surface area contributed by atoms with Gasteiger partial charge in [0, 0.05) is 12.5 Å². The van der Waals surface area contributed by atoms with E-state index >= 15 is 0 Å². The highest BCUT2D eigenvalue weighted by Crippen LogP contribution is 2.42. The van der Waals surface area contributed by atoms with Crippen LogP contribution in [0.5, 0.6) is 0 Å². The molecule has 5 heteroatoms. The van der Waals surface area contributed by atoms with E-state index in [-0.39, 0.29) is 16.9 Å². The molecular formula is C17H17NO3S.